The van der Waals surface area contributed by atoms with E-state index in [0.29, 0.717) is 39.5 Å². The Morgan fingerprint density at radius 2 is 1.87 bits per heavy atom. The molecule has 0 radical (unpaired) electrons. The molecule has 0 saturated carbocycles. The number of ketones is 1. The second-order valence-electron chi connectivity index (χ2n) is 6.96. The summed E-state index contributed by atoms with van der Waals surface area (Å²) in [5.74, 6) is -1.79. The van der Waals surface area contributed by atoms with Crippen LogP contribution in [0.2, 0.25) is 15.1 Å². The summed E-state index contributed by atoms with van der Waals surface area (Å²) in [7, 11) is 0. The fraction of sp³-hybridized carbons (Fsp3) is 0.182. The smallest absolute Gasteiger partial charge is 0.290 e. The highest BCUT2D eigenvalue weighted by atomic mass is 35.5. The van der Waals surface area contributed by atoms with Crippen LogP contribution in [-0.4, -0.2) is 28.2 Å². The van der Waals surface area contributed by atoms with E-state index < -0.39 is 23.5 Å². The Balaban J connectivity index is 1.83. The van der Waals surface area contributed by atoms with Crippen molar-refractivity contribution in [1.29, 1.82) is 0 Å². The fourth-order valence-corrected chi connectivity index (χ4v) is 4.13. The van der Waals surface area contributed by atoms with Crippen molar-refractivity contribution in [3.05, 3.63) is 80.2 Å². The van der Waals surface area contributed by atoms with Crippen LogP contribution >= 0.6 is 34.8 Å². The molecule has 1 amide bonds. The van der Waals surface area contributed by atoms with Crippen LogP contribution in [0.25, 0.3) is 11.0 Å². The van der Waals surface area contributed by atoms with Crippen LogP contribution in [0.1, 0.15) is 35.5 Å². The normalized spacial score (nSPS) is 16.7. The summed E-state index contributed by atoms with van der Waals surface area (Å²) in [5, 5.41) is 12.4. The fourth-order valence-electron chi connectivity index (χ4n) is 3.65. The molecule has 4 rings (SSSR count). The van der Waals surface area contributed by atoms with E-state index in [1.54, 1.807) is 42.5 Å². The lowest BCUT2D eigenvalue weighted by molar-refractivity contribution is -0.129. The number of Topliss-reactive ketones (excluding diaryl/α,β-unsaturated/α-hetero) is 1. The maximum absolute atomic E-state index is 13.4. The topological polar surface area (TPSA) is 70.8 Å². The summed E-state index contributed by atoms with van der Waals surface area (Å²) in [4.78, 5) is 27.6. The molecule has 1 atom stereocenters. The molecule has 1 aromatic heterocycles. The Labute approximate surface area is 187 Å². The number of amides is 1. The van der Waals surface area contributed by atoms with Gasteiger partial charge in [-0.05, 0) is 48.4 Å². The average Bonchev–Trinajstić information content (AvgIpc) is 3.24. The van der Waals surface area contributed by atoms with Crippen LogP contribution in [0.3, 0.4) is 0 Å². The second kappa shape index (κ2) is 7.99. The Bertz CT molecular complexity index is 1210. The monoisotopic (exact) mass is 463 g/mol. The largest absolute Gasteiger partial charge is 0.503 e. The van der Waals surface area contributed by atoms with Gasteiger partial charge in [-0.2, -0.15) is 0 Å². The van der Waals surface area contributed by atoms with Crippen molar-refractivity contribution >= 4 is 57.5 Å². The van der Waals surface area contributed by atoms with Crippen molar-refractivity contribution in [3.63, 3.8) is 0 Å². The molecular weight excluding hydrogens is 449 g/mol. The molecule has 0 spiro atoms. The highest BCUT2D eigenvalue weighted by Gasteiger charge is 2.44. The highest BCUT2D eigenvalue weighted by Crippen LogP contribution is 2.41. The molecule has 154 valence electrons. The molecule has 30 heavy (non-hydrogen) atoms. The molecule has 0 aliphatic carbocycles. The molecule has 2 heterocycles. The number of furan rings is 1. The van der Waals surface area contributed by atoms with Gasteiger partial charge in [0.05, 0.1) is 21.7 Å². The lowest BCUT2D eigenvalue weighted by atomic mass is 9.95. The molecule has 5 nitrogen and oxygen atoms in total. The average molecular weight is 465 g/mol. The minimum absolute atomic E-state index is 0.00465. The van der Waals surface area contributed by atoms with Crippen molar-refractivity contribution in [1.82, 2.24) is 4.90 Å². The van der Waals surface area contributed by atoms with Gasteiger partial charge in [-0.1, -0.05) is 47.8 Å². The summed E-state index contributed by atoms with van der Waals surface area (Å²) in [6.45, 7) is 2.25. The first kappa shape index (κ1) is 20.8. The van der Waals surface area contributed by atoms with Gasteiger partial charge < -0.3 is 14.4 Å². The third-order valence-electron chi connectivity index (χ3n) is 4.97. The van der Waals surface area contributed by atoms with Crippen LogP contribution in [0.5, 0.6) is 0 Å². The van der Waals surface area contributed by atoms with Crippen LogP contribution in [0, 0.1) is 0 Å². The van der Waals surface area contributed by atoms with Gasteiger partial charge in [0.1, 0.15) is 5.58 Å². The number of aliphatic hydroxyl groups is 1. The zero-order chi connectivity index (χ0) is 21.6. The van der Waals surface area contributed by atoms with Gasteiger partial charge in [0, 0.05) is 17.0 Å². The van der Waals surface area contributed by atoms with E-state index in [1.807, 2.05) is 6.92 Å². The first-order valence-electron chi connectivity index (χ1n) is 9.24. The zero-order valence-corrected chi connectivity index (χ0v) is 18.1. The van der Waals surface area contributed by atoms with Crippen molar-refractivity contribution < 1.29 is 19.1 Å². The quantitative estimate of drug-likeness (QED) is 0.445. The summed E-state index contributed by atoms with van der Waals surface area (Å²) in [5.41, 5.74) is 0.985. The number of hydrogen-bond donors (Lipinski definition) is 1. The van der Waals surface area contributed by atoms with Gasteiger partial charge >= 0.3 is 0 Å². The van der Waals surface area contributed by atoms with Crippen LogP contribution in [0.15, 0.2) is 58.2 Å². The molecular formula is C22H16Cl3NO4. The minimum atomic E-state index is -0.809. The van der Waals surface area contributed by atoms with Crippen LogP contribution in [-0.2, 0) is 4.79 Å². The number of fused-ring (bicyclic) bond motifs is 1. The molecule has 1 unspecified atom stereocenters. The zero-order valence-electron chi connectivity index (χ0n) is 15.8. The molecule has 1 N–H and O–H groups in total. The first-order chi connectivity index (χ1) is 14.3. The third kappa shape index (κ3) is 3.47. The predicted molar refractivity (Wildman–Crippen MR) is 116 cm³/mol. The van der Waals surface area contributed by atoms with Gasteiger partial charge in [-0.15, -0.1) is 0 Å². The number of nitrogens with zero attached hydrogens (tertiary/aromatic N) is 1. The Hall–Kier alpha value is -2.47. The predicted octanol–water partition coefficient (Wildman–Crippen LogP) is 6.38. The number of benzene rings is 2. The standard InChI is InChI=1S/C22H16Cl3NO4/c1-2-7-26-19(11-3-5-14(24)15(25)9-11)18(21(28)22(26)29)20(27)17-10-12-8-13(23)4-6-16(12)30-17/h3-6,8-10,19,28H,2,7H2,1H3. The Kier molecular flexibility index (Phi) is 5.53. The molecule has 2 aromatic carbocycles. The van der Waals surface area contributed by atoms with E-state index in [1.165, 1.54) is 4.90 Å². The summed E-state index contributed by atoms with van der Waals surface area (Å²) in [6.07, 6.45) is 0.640. The van der Waals surface area contributed by atoms with Gasteiger partial charge in [0.15, 0.2) is 11.5 Å². The molecule has 1 aliphatic heterocycles. The summed E-state index contributed by atoms with van der Waals surface area (Å²) < 4.78 is 5.67. The van der Waals surface area contributed by atoms with E-state index in [9.17, 15) is 14.7 Å². The second-order valence-corrected chi connectivity index (χ2v) is 8.21. The molecule has 0 bridgehead atoms. The van der Waals surface area contributed by atoms with Crippen LogP contribution in [0.4, 0.5) is 0 Å². The number of carbonyl (C=O) groups excluding carboxylic acids is 2. The number of carbonyl (C=O) groups is 2. The van der Waals surface area contributed by atoms with Crippen molar-refractivity contribution in [2.24, 2.45) is 0 Å². The van der Waals surface area contributed by atoms with Gasteiger partial charge in [-0.25, -0.2) is 0 Å². The van der Waals surface area contributed by atoms with E-state index in [-0.39, 0.29) is 16.4 Å². The molecule has 0 saturated heterocycles. The van der Waals surface area contributed by atoms with Gasteiger partial charge in [0.2, 0.25) is 5.78 Å². The highest BCUT2D eigenvalue weighted by molar-refractivity contribution is 6.42. The maximum Gasteiger partial charge on any atom is 0.290 e. The lowest BCUT2D eigenvalue weighted by Gasteiger charge is -2.26. The molecule has 1 aliphatic rings. The van der Waals surface area contributed by atoms with Crippen LogP contribution < -0.4 is 0 Å². The minimum Gasteiger partial charge on any atom is -0.503 e. The summed E-state index contributed by atoms with van der Waals surface area (Å²) >= 11 is 18.2. The van der Waals surface area contributed by atoms with Crippen molar-refractivity contribution in [2.75, 3.05) is 6.54 Å². The Morgan fingerprint density at radius 3 is 2.57 bits per heavy atom. The van der Waals surface area contributed by atoms with Gasteiger partial charge in [-0.3, -0.25) is 9.59 Å². The lowest BCUT2D eigenvalue weighted by Crippen LogP contribution is -2.31. The van der Waals surface area contributed by atoms with E-state index >= 15 is 0 Å². The SMILES string of the molecule is CCCN1C(=O)C(O)=C(C(=O)c2cc3cc(Cl)ccc3o2)C1c1ccc(Cl)c(Cl)c1. The Morgan fingerprint density at radius 1 is 1.10 bits per heavy atom. The van der Waals surface area contributed by atoms with Crippen molar-refractivity contribution in [3.8, 4) is 0 Å². The van der Waals surface area contributed by atoms with Crippen molar-refractivity contribution in [2.45, 2.75) is 19.4 Å². The van der Waals surface area contributed by atoms with E-state index in [2.05, 4.69) is 0 Å². The summed E-state index contributed by atoms with van der Waals surface area (Å²) in [6, 6.07) is 10.6. The molecule has 0 fully saturated rings. The number of aliphatic hydroxyl groups excluding tert-OH is 1. The molecule has 8 heteroatoms. The number of hydrogen-bond acceptors (Lipinski definition) is 4. The third-order valence-corrected chi connectivity index (χ3v) is 5.95. The van der Waals surface area contributed by atoms with E-state index in [4.69, 9.17) is 39.2 Å². The molecule has 3 aromatic rings. The maximum atomic E-state index is 13.4. The first-order valence-corrected chi connectivity index (χ1v) is 10.4. The van der Waals surface area contributed by atoms with Gasteiger partial charge in [0.25, 0.3) is 5.91 Å². The van der Waals surface area contributed by atoms with E-state index in [0.717, 1.165) is 0 Å². The number of halogens is 3. The number of rotatable bonds is 5.